The van der Waals surface area contributed by atoms with E-state index in [-0.39, 0.29) is 5.82 Å². The lowest BCUT2D eigenvalue weighted by Gasteiger charge is -2.11. The monoisotopic (exact) mass is 287 g/mol. The molecule has 0 radical (unpaired) electrons. The fourth-order valence-electron chi connectivity index (χ4n) is 1.70. The Labute approximate surface area is 122 Å². The van der Waals surface area contributed by atoms with Gasteiger partial charge in [0.1, 0.15) is 24.8 Å². The number of ether oxygens (including phenoxy) is 3. The summed E-state index contributed by atoms with van der Waals surface area (Å²) in [6.45, 7) is 0.619. The van der Waals surface area contributed by atoms with Crippen molar-refractivity contribution in [2.75, 3.05) is 20.3 Å². The Morgan fingerprint density at radius 2 is 1.71 bits per heavy atom. The molecule has 0 fully saturated rings. The molecular formula is C16H14FNO3. The summed E-state index contributed by atoms with van der Waals surface area (Å²) in [5.41, 5.74) is 0.502. The highest BCUT2D eigenvalue weighted by atomic mass is 19.1. The predicted molar refractivity (Wildman–Crippen MR) is 75.1 cm³/mol. The van der Waals surface area contributed by atoms with E-state index in [0.29, 0.717) is 36.0 Å². The van der Waals surface area contributed by atoms with Crippen molar-refractivity contribution in [2.45, 2.75) is 0 Å². The average molecular weight is 287 g/mol. The van der Waals surface area contributed by atoms with Crippen molar-refractivity contribution in [3.63, 3.8) is 0 Å². The van der Waals surface area contributed by atoms with Gasteiger partial charge in [-0.25, -0.2) is 4.39 Å². The van der Waals surface area contributed by atoms with Crippen LogP contribution in [0.1, 0.15) is 5.56 Å². The molecule has 0 aliphatic carbocycles. The molecule has 0 spiro atoms. The second-order valence-electron chi connectivity index (χ2n) is 4.13. The van der Waals surface area contributed by atoms with Crippen LogP contribution in [-0.4, -0.2) is 20.3 Å². The molecule has 0 bridgehead atoms. The van der Waals surface area contributed by atoms with Crippen molar-refractivity contribution >= 4 is 0 Å². The summed E-state index contributed by atoms with van der Waals surface area (Å²) in [7, 11) is 1.51. The summed E-state index contributed by atoms with van der Waals surface area (Å²) < 4.78 is 28.8. The van der Waals surface area contributed by atoms with E-state index in [1.165, 1.54) is 19.2 Å². The van der Waals surface area contributed by atoms with E-state index in [4.69, 9.17) is 19.5 Å². The number of benzene rings is 2. The number of nitriles is 1. The molecule has 0 aliphatic heterocycles. The van der Waals surface area contributed by atoms with Crippen molar-refractivity contribution in [3.8, 4) is 23.3 Å². The Balaban J connectivity index is 1.86. The molecule has 0 amide bonds. The summed E-state index contributed by atoms with van der Waals surface area (Å²) in [5.74, 6) is 1.31. The highest BCUT2D eigenvalue weighted by Gasteiger charge is 2.05. The van der Waals surface area contributed by atoms with E-state index >= 15 is 0 Å². The summed E-state index contributed by atoms with van der Waals surface area (Å²) in [5, 5.41) is 8.82. The smallest absolute Gasteiger partial charge is 0.162 e. The molecule has 0 heterocycles. The van der Waals surface area contributed by atoms with Crippen LogP contribution in [0.4, 0.5) is 4.39 Å². The first-order valence-corrected chi connectivity index (χ1v) is 6.32. The minimum Gasteiger partial charge on any atom is -0.493 e. The molecule has 2 aromatic rings. The normalized spacial score (nSPS) is 9.76. The maximum atomic E-state index is 12.7. The number of methoxy groups -OCH3 is 1. The molecule has 2 aromatic carbocycles. The van der Waals surface area contributed by atoms with Gasteiger partial charge >= 0.3 is 0 Å². The molecule has 0 aromatic heterocycles. The Kier molecular flexibility index (Phi) is 4.99. The van der Waals surface area contributed by atoms with Gasteiger partial charge in [0.25, 0.3) is 0 Å². The Morgan fingerprint density at radius 1 is 1.00 bits per heavy atom. The van der Waals surface area contributed by atoms with Crippen LogP contribution in [0.5, 0.6) is 17.2 Å². The molecule has 5 heteroatoms. The van der Waals surface area contributed by atoms with Crippen LogP contribution in [0.2, 0.25) is 0 Å². The largest absolute Gasteiger partial charge is 0.493 e. The maximum absolute atomic E-state index is 12.7. The first-order valence-electron chi connectivity index (χ1n) is 6.32. The van der Waals surface area contributed by atoms with E-state index in [1.54, 1.807) is 30.3 Å². The maximum Gasteiger partial charge on any atom is 0.162 e. The van der Waals surface area contributed by atoms with Gasteiger partial charge in [-0.2, -0.15) is 5.26 Å². The van der Waals surface area contributed by atoms with Crippen LogP contribution < -0.4 is 14.2 Å². The van der Waals surface area contributed by atoms with Gasteiger partial charge in [-0.05, 0) is 36.4 Å². The zero-order chi connectivity index (χ0) is 15.1. The summed E-state index contributed by atoms with van der Waals surface area (Å²) in [6.07, 6.45) is 0. The van der Waals surface area contributed by atoms with Gasteiger partial charge in [-0.15, -0.1) is 0 Å². The summed E-state index contributed by atoms with van der Waals surface area (Å²) in [4.78, 5) is 0. The molecule has 0 N–H and O–H groups in total. The molecule has 2 rings (SSSR count). The fourth-order valence-corrected chi connectivity index (χ4v) is 1.70. The standard InChI is InChI=1S/C16H14FNO3/c1-19-16-10-12(11-18)2-7-15(16)21-9-8-20-14-5-3-13(17)4-6-14/h2-7,10H,8-9H2,1H3. The molecule has 0 unspecified atom stereocenters. The van der Waals surface area contributed by atoms with Crippen LogP contribution in [0.25, 0.3) is 0 Å². The van der Waals surface area contributed by atoms with Gasteiger partial charge in [0, 0.05) is 6.07 Å². The van der Waals surface area contributed by atoms with Gasteiger partial charge in [0.2, 0.25) is 0 Å². The zero-order valence-corrected chi connectivity index (χ0v) is 11.5. The summed E-state index contributed by atoms with van der Waals surface area (Å²) in [6, 6.07) is 12.7. The SMILES string of the molecule is COc1cc(C#N)ccc1OCCOc1ccc(F)cc1. The number of halogens is 1. The molecular weight excluding hydrogens is 273 g/mol. The minimum absolute atomic E-state index is 0.305. The highest BCUT2D eigenvalue weighted by Crippen LogP contribution is 2.27. The van der Waals surface area contributed by atoms with Crippen LogP contribution in [0.15, 0.2) is 42.5 Å². The van der Waals surface area contributed by atoms with E-state index < -0.39 is 0 Å². The molecule has 0 saturated heterocycles. The lowest BCUT2D eigenvalue weighted by molar-refractivity contribution is 0.211. The van der Waals surface area contributed by atoms with Crippen molar-refractivity contribution < 1.29 is 18.6 Å². The Hall–Kier alpha value is -2.74. The molecule has 0 aliphatic rings. The lowest BCUT2D eigenvalue weighted by Crippen LogP contribution is -2.09. The minimum atomic E-state index is -0.305. The number of rotatable bonds is 6. The van der Waals surface area contributed by atoms with Crippen LogP contribution >= 0.6 is 0 Å². The van der Waals surface area contributed by atoms with E-state index in [1.807, 2.05) is 6.07 Å². The van der Waals surface area contributed by atoms with E-state index in [9.17, 15) is 4.39 Å². The second kappa shape index (κ2) is 7.15. The van der Waals surface area contributed by atoms with Crippen molar-refractivity contribution in [3.05, 3.63) is 53.8 Å². The van der Waals surface area contributed by atoms with Crippen molar-refractivity contribution in [1.29, 1.82) is 5.26 Å². The molecule has 21 heavy (non-hydrogen) atoms. The van der Waals surface area contributed by atoms with Gasteiger partial charge in [-0.1, -0.05) is 0 Å². The lowest BCUT2D eigenvalue weighted by atomic mass is 10.2. The first-order chi connectivity index (χ1) is 10.2. The number of hydrogen-bond donors (Lipinski definition) is 0. The van der Waals surface area contributed by atoms with Gasteiger partial charge < -0.3 is 14.2 Å². The van der Waals surface area contributed by atoms with Crippen LogP contribution in [0.3, 0.4) is 0 Å². The topological polar surface area (TPSA) is 51.5 Å². The second-order valence-corrected chi connectivity index (χ2v) is 4.13. The highest BCUT2D eigenvalue weighted by molar-refractivity contribution is 5.46. The number of hydrogen-bond acceptors (Lipinski definition) is 4. The quantitative estimate of drug-likeness (QED) is 0.766. The zero-order valence-electron chi connectivity index (χ0n) is 11.5. The molecule has 0 saturated carbocycles. The van der Waals surface area contributed by atoms with Crippen LogP contribution in [0, 0.1) is 17.1 Å². The molecule has 4 nitrogen and oxygen atoms in total. The van der Waals surface area contributed by atoms with Crippen molar-refractivity contribution in [1.82, 2.24) is 0 Å². The predicted octanol–water partition coefficient (Wildman–Crippen LogP) is 3.16. The average Bonchev–Trinajstić information content (AvgIpc) is 2.53. The molecule has 0 atom stereocenters. The Bertz CT molecular complexity index is 635. The third-order valence-electron chi connectivity index (χ3n) is 2.72. The van der Waals surface area contributed by atoms with Gasteiger partial charge in [0.05, 0.1) is 18.7 Å². The van der Waals surface area contributed by atoms with Gasteiger partial charge in [-0.3, -0.25) is 0 Å². The third kappa shape index (κ3) is 4.11. The van der Waals surface area contributed by atoms with Crippen molar-refractivity contribution in [2.24, 2.45) is 0 Å². The first kappa shape index (κ1) is 14.7. The van der Waals surface area contributed by atoms with E-state index in [2.05, 4.69) is 0 Å². The number of nitrogens with zero attached hydrogens (tertiary/aromatic N) is 1. The van der Waals surface area contributed by atoms with Crippen LogP contribution in [-0.2, 0) is 0 Å². The third-order valence-corrected chi connectivity index (χ3v) is 2.72. The Morgan fingerprint density at radius 3 is 2.38 bits per heavy atom. The fraction of sp³-hybridized carbons (Fsp3) is 0.188. The van der Waals surface area contributed by atoms with E-state index in [0.717, 1.165) is 0 Å². The summed E-state index contributed by atoms with van der Waals surface area (Å²) >= 11 is 0. The molecule has 108 valence electrons. The van der Waals surface area contributed by atoms with Gasteiger partial charge in [0.15, 0.2) is 11.5 Å².